The van der Waals surface area contributed by atoms with E-state index >= 15 is 0 Å². The van der Waals surface area contributed by atoms with Crippen molar-refractivity contribution in [3.05, 3.63) is 69.3 Å². The summed E-state index contributed by atoms with van der Waals surface area (Å²) in [4.78, 5) is 31.9. The lowest BCUT2D eigenvalue weighted by atomic mass is 9.86. The summed E-state index contributed by atoms with van der Waals surface area (Å²) in [6, 6.07) is 10.2. The zero-order chi connectivity index (χ0) is 20.0. The van der Waals surface area contributed by atoms with E-state index < -0.39 is 0 Å². The van der Waals surface area contributed by atoms with Crippen LogP contribution < -0.4 is 5.32 Å². The smallest absolute Gasteiger partial charge is 0.230 e. The molecular weight excluding hydrogens is 382 g/mol. The van der Waals surface area contributed by atoms with Crippen molar-refractivity contribution in [2.45, 2.75) is 32.6 Å². The first-order chi connectivity index (χ1) is 14.1. The average Bonchev–Trinajstić information content (AvgIpc) is 3.22. The van der Waals surface area contributed by atoms with E-state index in [2.05, 4.69) is 37.4 Å². The number of fused-ring (bicyclic) bond motifs is 2. The van der Waals surface area contributed by atoms with Crippen molar-refractivity contribution in [1.29, 1.82) is 0 Å². The van der Waals surface area contributed by atoms with Crippen molar-refractivity contribution < 1.29 is 4.79 Å². The maximum atomic E-state index is 12.6. The number of nitrogens with zero attached hydrogens (tertiary/aromatic N) is 4. The van der Waals surface area contributed by atoms with E-state index in [4.69, 9.17) is 0 Å². The number of carbonyl (C=O) groups is 1. The van der Waals surface area contributed by atoms with Gasteiger partial charge in [0.2, 0.25) is 11.9 Å². The molecule has 5 rings (SSSR count). The number of Topliss-reactive ketones (excluding diaryl/α,β-unsaturated/α-hetero) is 1. The Kier molecular flexibility index (Phi) is 4.32. The quantitative estimate of drug-likeness (QED) is 0.533. The van der Waals surface area contributed by atoms with Crippen molar-refractivity contribution in [2.75, 3.05) is 5.32 Å². The molecule has 1 N–H and O–H groups in total. The molecule has 1 atom stereocenters. The molecule has 3 heterocycles. The monoisotopic (exact) mass is 401 g/mol. The third-order valence-electron chi connectivity index (χ3n) is 5.25. The maximum absolute atomic E-state index is 12.6. The molecule has 3 aromatic heterocycles. The van der Waals surface area contributed by atoms with Gasteiger partial charge >= 0.3 is 0 Å². The summed E-state index contributed by atoms with van der Waals surface area (Å²) in [6.07, 6.45) is 2.86. The molecule has 4 aromatic rings. The molecule has 144 valence electrons. The number of aryl methyl sites for hydroxylation is 2. The zero-order valence-corrected chi connectivity index (χ0v) is 17.0. The highest BCUT2D eigenvalue weighted by atomic mass is 32.1. The fourth-order valence-electron chi connectivity index (χ4n) is 3.78. The molecule has 29 heavy (non-hydrogen) atoms. The molecule has 0 saturated heterocycles. The average molecular weight is 401 g/mol. The van der Waals surface area contributed by atoms with Gasteiger partial charge in [0.05, 0.1) is 22.5 Å². The molecule has 0 spiro atoms. The number of nitrogens with one attached hydrogen (secondary N) is 1. The molecule has 6 nitrogen and oxygen atoms in total. The van der Waals surface area contributed by atoms with E-state index in [1.807, 2.05) is 37.4 Å². The summed E-state index contributed by atoms with van der Waals surface area (Å²) in [7, 11) is 0. The summed E-state index contributed by atoms with van der Waals surface area (Å²) >= 11 is 1.69. The van der Waals surface area contributed by atoms with E-state index in [1.54, 1.807) is 17.5 Å². The fraction of sp³-hybridized carbons (Fsp3) is 0.227. The second-order valence-electron chi connectivity index (χ2n) is 7.38. The standard InChI is InChI=1S/C22H19N5OS/c1-12-5-6-15-13(2)24-22(26-17(15)8-12)27-21-23-11-16-18(25-21)9-14(10-19(16)28)20-4-3-7-29-20/h3-8,11,14H,9-10H2,1-2H3,(H,23,24,25,26,27). The van der Waals surface area contributed by atoms with Crippen LogP contribution in [-0.2, 0) is 6.42 Å². The van der Waals surface area contributed by atoms with Crippen molar-refractivity contribution in [2.24, 2.45) is 0 Å². The Hall–Kier alpha value is -3.19. The van der Waals surface area contributed by atoms with E-state index in [0.717, 1.165) is 34.3 Å². The first-order valence-corrected chi connectivity index (χ1v) is 10.4. The van der Waals surface area contributed by atoms with Gasteiger partial charge in [0.1, 0.15) is 0 Å². The number of ketones is 1. The Morgan fingerprint density at radius 1 is 1.07 bits per heavy atom. The minimum absolute atomic E-state index is 0.101. The normalized spacial score (nSPS) is 16.1. The van der Waals surface area contributed by atoms with E-state index in [0.29, 0.717) is 23.9 Å². The zero-order valence-electron chi connectivity index (χ0n) is 16.1. The lowest BCUT2D eigenvalue weighted by molar-refractivity contribution is 0.0963. The first kappa shape index (κ1) is 17.9. The van der Waals surface area contributed by atoms with Crippen LogP contribution in [0.4, 0.5) is 11.9 Å². The van der Waals surface area contributed by atoms with Crippen LogP contribution in [0.15, 0.2) is 41.9 Å². The van der Waals surface area contributed by atoms with Crippen LogP contribution in [0.2, 0.25) is 0 Å². The van der Waals surface area contributed by atoms with Crippen molar-refractivity contribution >= 4 is 39.9 Å². The topological polar surface area (TPSA) is 80.7 Å². The highest BCUT2D eigenvalue weighted by Crippen LogP contribution is 2.34. The number of aromatic nitrogens is 4. The number of thiophene rings is 1. The maximum Gasteiger partial charge on any atom is 0.230 e. The molecule has 0 fully saturated rings. The summed E-state index contributed by atoms with van der Waals surface area (Å²) in [5.74, 6) is 1.15. The lowest BCUT2D eigenvalue weighted by Crippen LogP contribution is -2.20. The van der Waals surface area contributed by atoms with Crippen LogP contribution in [0, 0.1) is 13.8 Å². The molecule has 1 aromatic carbocycles. The predicted octanol–water partition coefficient (Wildman–Crippen LogP) is 4.75. The Morgan fingerprint density at radius 2 is 1.97 bits per heavy atom. The Morgan fingerprint density at radius 3 is 2.79 bits per heavy atom. The van der Waals surface area contributed by atoms with Gasteiger partial charge in [0.15, 0.2) is 5.78 Å². The number of hydrogen-bond acceptors (Lipinski definition) is 7. The van der Waals surface area contributed by atoms with E-state index in [1.165, 1.54) is 4.88 Å². The van der Waals surface area contributed by atoms with Crippen LogP contribution in [0.3, 0.4) is 0 Å². The number of benzene rings is 1. The van der Waals surface area contributed by atoms with Gasteiger partial charge in [-0.3, -0.25) is 10.1 Å². The highest BCUT2D eigenvalue weighted by molar-refractivity contribution is 7.10. The van der Waals surface area contributed by atoms with Crippen LogP contribution in [0.1, 0.15) is 44.5 Å². The van der Waals surface area contributed by atoms with Crippen molar-refractivity contribution in [3.63, 3.8) is 0 Å². The fourth-order valence-corrected chi connectivity index (χ4v) is 4.61. The molecule has 1 unspecified atom stereocenters. The van der Waals surface area contributed by atoms with E-state index in [9.17, 15) is 4.79 Å². The predicted molar refractivity (Wildman–Crippen MR) is 114 cm³/mol. The molecule has 0 aliphatic heterocycles. The van der Waals surface area contributed by atoms with Gasteiger partial charge in [0.25, 0.3) is 0 Å². The SMILES string of the molecule is Cc1ccc2c(C)nc(Nc3ncc4c(n3)CC(c3cccs3)CC4=O)nc2c1. The van der Waals surface area contributed by atoms with Gasteiger partial charge in [0, 0.05) is 28.8 Å². The molecule has 7 heteroatoms. The molecule has 1 aliphatic carbocycles. The van der Waals surface area contributed by atoms with Gasteiger partial charge in [-0.05, 0) is 43.3 Å². The number of carbonyl (C=O) groups excluding carboxylic acids is 1. The molecule has 1 aliphatic rings. The third kappa shape index (κ3) is 3.38. The second kappa shape index (κ2) is 7.00. The van der Waals surface area contributed by atoms with Gasteiger partial charge < -0.3 is 0 Å². The summed E-state index contributed by atoms with van der Waals surface area (Å²) in [5, 5.41) is 6.19. The third-order valence-corrected chi connectivity index (χ3v) is 6.29. The van der Waals surface area contributed by atoms with Crippen LogP contribution in [0.25, 0.3) is 10.9 Å². The van der Waals surface area contributed by atoms with Crippen LogP contribution in [-0.4, -0.2) is 25.7 Å². The Labute approximate surface area is 172 Å². The summed E-state index contributed by atoms with van der Waals surface area (Å²) in [6.45, 7) is 4.00. The Bertz CT molecular complexity index is 1240. The molecule has 0 saturated carbocycles. The summed E-state index contributed by atoms with van der Waals surface area (Å²) < 4.78 is 0. The summed E-state index contributed by atoms with van der Waals surface area (Å²) in [5.41, 5.74) is 4.32. The van der Waals surface area contributed by atoms with Gasteiger partial charge in [-0.1, -0.05) is 18.2 Å². The van der Waals surface area contributed by atoms with Crippen LogP contribution in [0.5, 0.6) is 0 Å². The van der Waals surface area contributed by atoms with Crippen molar-refractivity contribution in [3.8, 4) is 0 Å². The Balaban J connectivity index is 1.47. The molecule has 0 bridgehead atoms. The lowest BCUT2D eigenvalue weighted by Gasteiger charge is -2.22. The minimum atomic E-state index is 0.101. The van der Waals surface area contributed by atoms with Gasteiger partial charge in [-0.2, -0.15) is 0 Å². The molecule has 0 amide bonds. The van der Waals surface area contributed by atoms with E-state index in [-0.39, 0.29) is 11.7 Å². The highest BCUT2D eigenvalue weighted by Gasteiger charge is 2.28. The van der Waals surface area contributed by atoms with Gasteiger partial charge in [-0.15, -0.1) is 11.3 Å². The second-order valence-corrected chi connectivity index (χ2v) is 8.36. The molecular formula is C22H19N5OS. The first-order valence-electron chi connectivity index (χ1n) is 9.51. The molecule has 0 radical (unpaired) electrons. The van der Waals surface area contributed by atoms with Crippen molar-refractivity contribution in [1.82, 2.24) is 19.9 Å². The number of hydrogen-bond donors (Lipinski definition) is 1. The number of anilines is 2. The number of rotatable bonds is 3. The largest absolute Gasteiger partial charge is 0.294 e. The van der Waals surface area contributed by atoms with Gasteiger partial charge in [-0.25, -0.2) is 19.9 Å². The van der Waals surface area contributed by atoms with Crippen LogP contribution >= 0.6 is 11.3 Å². The minimum Gasteiger partial charge on any atom is -0.294 e.